The van der Waals surface area contributed by atoms with Crippen molar-refractivity contribution in [3.8, 4) is 5.75 Å². The minimum atomic E-state index is -0.0604. The number of halogens is 1. The molecule has 0 spiro atoms. The summed E-state index contributed by atoms with van der Waals surface area (Å²) >= 11 is 6.48. The second kappa shape index (κ2) is 12.3. The van der Waals surface area contributed by atoms with Crippen LogP contribution in [0.4, 0.5) is 0 Å². The van der Waals surface area contributed by atoms with Crippen molar-refractivity contribution in [3.05, 3.63) is 64.2 Å². The molecule has 2 aromatic rings. The molecule has 1 amide bonds. The third-order valence-electron chi connectivity index (χ3n) is 6.16. The van der Waals surface area contributed by atoms with Gasteiger partial charge in [-0.3, -0.25) is 9.69 Å². The van der Waals surface area contributed by atoms with E-state index in [0.717, 1.165) is 58.2 Å². The lowest BCUT2D eigenvalue weighted by Gasteiger charge is -2.32. The number of amides is 1. The Bertz CT molecular complexity index is 854. The van der Waals surface area contributed by atoms with Crippen molar-refractivity contribution in [2.75, 3.05) is 13.1 Å². The van der Waals surface area contributed by atoms with E-state index in [1.807, 2.05) is 12.1 Å². The van der Waals surface area contributed by atoms with Gasteiger partial charge in [-0.25, -0.2) is 0 Å². The van der Waals surface area contributed by atoms with Crippen molar-refractivity contribution in [1.82, 2.24) is 10.2 Å². The van der Waals surface area contributed by atoms with Gasteiger partial charge in [0.05, 0.1) is 5.02 Å². The number of carbonyl (C=O) groups excluding carboxylic acids is 1. The van der Waals surface area contributed by atoms with E-state index in [0.29, 0.717) is 16.3 Å². The summed E-state index contributed by atoms with van der Waals surface area (Å²) in [5.41, 5.74) is 3.24. The molecule has 1 aliphatic heterocycles. The number of hydrogen-bond donors (Lipinski definition) is 1. The monoisotopic (exact) mass is 456 g/mol. The van der Waals surface area contributed by atoms with Gasteiger partial charge in [0.25, 0.3) is 5.91 Å². The van der Waals surface area contributed by atoms with Gasteiger partial charge in [-0.05, 0) is 56.4 Å². The Balaban J connectivity index is 1.50. The molecule has 0 saturated carbocycles. The minimum Gasteiger partial charge on any atom is -0.489 e. The number of rotatable bonds is 10. The van der Waals surface area contributed by atoms with Crippen LogP contribution in [0.25, 0.3) is 0 Å². The maximum atomic E-state index is 12.6. The van der Waals surface area contributed by atoms with Gasteiger partial charge in [0, 0.05) is 31.2 Å². The van der Waals surface area contributed by atoms with Crippen molar-refractivity contribution < 1.29 is 9.53 Å². The van der Waals surface area contributed by atoms with Crippen LogP contribution < -0.4 is 10.1 Å². The van der Waals surface area contributed by atoms with Crippen molar-refractivity contribution in [2.24, 2.45) is 0 Å². The van der Waals surface area contributed by atoms with E-state index in [1.54, 1.807) is 6.07 Å². The zero-order valence-electron chi connectivity index (χ0n) is 19.7. The first-order chi connectivity index (χ1) is 15.5. The molecule has 3 rings (SSSR count). The Morgan fingerprint density at radius 1 is 1.09 bits per heavy atom. The fraction of sp³-hybridized carbons (Fsp3) is 0.519. The zero-order chi connectivity index (χ0) is 22.9. The number of nitrogens with one attached hydrogen (secondary N) is 1. The molecule has 174 valence electrons. The Kier molecular flexibility index (Phi) is 9.43. The predicted octanol–water partition coefficient (Wildman–Crippen LogP) is 6.39. The number of piperidine rings is 1. The Morgan fingerprint density at radius 3 is 2.34 bits per heavy atom. The number of benzene rings is 2. The third kappa shape index (κ3) is 7.25. The quantitative estimate of drug-likeness (QED) is 0.450. The summed E-state index contributed by atoms with van der Waals surface area (Å²) in [6.45, 7) is 9.40. The van der Waals surface area contributed by atoms with Crippen LogP contribution in [-0.2, 0) is 6.54 Å². The van der Waals surface area contributed by atoms with E-state index < -0.39 is 0 Å². The molecule has 2 aromatic carbocycles. The average molecular weight is 457 g/mol. The molecule has 1 saturated heterocycles. The lowest BCUT2D eigenvalue weighted by Crippen LogP contribution is -2.37. The SMILES string of the molecule is CCCC(CCC)NC(=O)c1ccc(OC2CCN(Cc3ccc(C)cc3)CC2)c(Cl)c1. The highest BCUT2D eigenvalue weighted by molar-refractivity contribution is 6.32. The molecule has 1 aliphatic rings. The summed E-state index contributed by atoms with van der Waals surface area (Å²) < 4.78 is 6.20. The van der Waals surface area contributed by atoms with Crippen LogP contribution in [0, 0.1) is 6.92 Å². The van der Waals surface area contributed by atoms with E-state index in [-0.39, 0.29) is 18.1 Å². The first-order valence-corrected chi connectivity index (χ1v) is 12.4. The molecular formula is C27H37ClN2O2. The van der Waals surface area contributed by atoms with Gasteiger partial charge in [0.15, 0.2) is 0 Å². The van der Waals surface area contributed by atoms with Crippen LogP contribution in [-0.4, -0.2) is 36.0 Å². The third-order valence-corrected chi connectivity index (χ3v) is 6.45. The zero-order valence-corrected chi connectivity index (χ0v) is 20.5. The maximum Gasteiger partial charge on any atom is 0.251 e. The van der Waals surface area contributed by atoms with E-state index in [2.05, 4.69) is 55.3 Å². The fourth-order valence-corrected chi connectivity index (χ4v) is 4.53. The highest BCUT2D eigenvalue weighted by Gasteiger charge is 2.22. The molecule has 4 nitrogen and oxygen atoms in total. The first kappa shape index (κ1) is 24.6. The van der Waals surface area contributed by atoms with Gasteiger partial charge in [-0.15, -0.1) is 0 Å². The summed E-state index contributed by atoms with van der Waals surface area (Å²) in [4.78, 5) is 15.1. The molecule has 1 N–H and O–H groups in total. The summed E-state index contributed by atoms with van der Waals surface area (Å²) in [5, 5.41) is 3.65. The maximum absolute atomic E-state index is 12.6. The van der Waals surface area contributed by atoms with Crippen molar-refractivity contribution in [1.29, 1.82) is 0 Å². The molecule has 1 heterocycles. The highest BCUT2D eigenvalue weighted by atomic mass is 35.5. The summed E-state index contributed by atoms with van der Waals surface area (Å²) in [5.74, 6) is 0.605. The number of hydrogen-bond acceptors (Lipinski definition) is 3. The summed E-state index contributed by atoms with van der Waals surface area (Å²) in [7, 11) is 0. The number of aryl methyl sites for hydroxylation is 1. The molecule has 0 aromatic heterocycles. The van der Waals surface area contributed by atoms with Crippen molar-refractivity contribution in [3.63, 3.8) is 0 Å². The molecule has 32 heavy (non-hydrogen) atoms. The molecule has 0 atom stereocenters. The van der Waals surface area contributed by atoms with Crippen molar-refractivity contribution in [2.45, 2.75) is 78.0 Å². The number of nitrogens with zero attached hydrogens (tertiary/aromatic N) is 1. The summed E-state index contributed by atoms with van der Waals surface area (Å²) in [6, 6.07) is 14.4. The van der Waals surface area contributed by atoms with Crippen LogP contribution in [0.3, 0.4) is 0 Å². The van der Waals surface area contributed by atoms with Crippen LogP contribution in [0.1, 0.15) is 73.9 Å². The standard InChI is InChI=1S/C27H37ClN2O2/c1-4-6-23(7-5-2)29-27(31)22-12-13-26(25(28)18-22)32-24-14-16-30(17-15-24)19-21-10-8-20(3)9-11-21/h8-13,18,23-24H,4-7,14-17,19H2,1-3H3,(H,29,31). The van der Waals surface area contributed by atoms with Crippen LogP contribution in [0.15, 0.2) is 42.5 Å². The molecule has 0 aliphatic carbocycles. The van der Waals surface area contributed by atoms with Gasteiger partial charge < -0.3 is 10.1 Å². The molecule has 1 fully saturated rings. The highest BCUT2D eigenvalue weighted by Crippen LogP contribution is 2.29. The van der Waals surface area contributed by atoms with Gasteiger partial charge >= 0.3 is 0 Å². The second-order valence-electron chi connectivity index (χ2n) is 8.97. The smallest absolute Gasteiger partial charge is 0.251 e. The van der Waals surface area contributed by atoms with Gasteiger partial charge in [-0.1, -0.05) is 68.1 Å². The van der Waals surface area contributed by atoms with Crippen LogP contribution in [0.2, 0.25) is 5.02 Å². The Morgan fingerprint density at radius 2 is 1.75 bits per heavy atom. The second-order valence-corrected chi connectivity index (χ2v) is 9.38. The molecule has 0 unspecified atom stereocenters. The van der Waals surface area contributed by atoms with Gasteiger partial charge in [-0.2, -0.15) is 0 Å². The predicted molar refractivity (Wildman–Crippen MR) is 133 cm³/mol. The molecule has 0 radical (unpaired) electrons. The van der Waals surface area contributed by atoms with Crippen LogP contribution in [0.5, 0.6) is 5.75 Å². The normalized spacial score (nSPS) is 15.2. The fourth-order valence-electron chi connectivity index (χ4n) is 4.31. The lowest BCUT2D eigenvalue weighted by atomic mass is 10.1. The molecule has 5 heteroatoms. The molecular weight excluding hydrogens is 420 g/mol. The Hall–Kier alpha value is -2.04. The van der Waals surface area contributed by atoms with Crippen LogP contribution >= 0.6 is 11.6 Å². The Labute approximate surface area is 198 Å². The van der Waals surface area contributed by atoms with Gasteiger partial charge in [0.1, 0.15) is 11.9 Å². The van der Waals surface area contributed by atoms with E-state index in [9.17, 15) is 4.79 Å². The average Bonchev–Trinajstić information content (AvgIpc) is 2.78. The summed E-state index contributed by atoms with van der Waals surface area (Å²) in [6.07, 6.45) is 6.21. The van der Waals surface area contributed by atoms with E-state index in [1.165, 1.54) is 11.1 Å². The van der Waals surface area contributed by atoms with E-state index in [4.69, 9.17) is 16.3 Å². The largest absolute Gasteiger partial charge is 0.489 e. The number of likely N-dealkylation sites (tertiary alicyclic amines) is 1. The van der Waals surface area contributed by atoms with E-state index >= 15 is 0 Å². The number of carbonyl (C=O) groups is 1. The van der Waals surface area contributed by atoms with Crippen molar-refractivity contribution >= 4 is 17.5 Å². The lowest BCUT2D eigenvalue weighted by molar-refractivity contribution is 0.0931. The molecule has 0 bridgehead atoms. The van der Waals surface area contributed by atoms with Gasteiger partial charge in [0.2, 0.25) is 0 Å². The minimum absolute atomic E-state index is 0.0604. The number of ether oxygens (including phenoxy) is 1. The topological polar surface area (TPSA) is 41.6 Å². The first-order valence-electron chi connectivity index (χ1n) is 12.0.